The summed E-state index contributed by atoms with van der Waals surface area (Å²) in [7, 11) is -5.57. The minimum atomic E-state index is -4.46. The average molecular weight is 696 g/mol. The van der Waals surface area contributed by atoms with E-state index in [0.717, 1.165) is 44.5 Å². The van der Waals surface area contributed by atoms with Crippen LogP contribution < -0.4 is 20.5 Å². The summed E-state index contributed by atoms with van der Waals surface area (Å²) < 4.78 is 94.6. The highest BCUT2D eigenvalue weighted by molar-refractivity contribution is 7.91. The number of likely N-dealkylation sites (tertiary alicyclic amines) is 1. The topological polar surface area (TPSA) is 136 Å². The number of methoxy groups -OCH3 is 1. The van der Waals surface area contributed by atoms with E-state index in [-0.39, 0.29) is 34.2 Å². The normalized spacial score (nSPS) is 20.0. The second-order valence-corrected chi connectivity index (χ2v) is 16.1. The minimum absolute atomic E-state index is 0.0545. The number of halogens is 3. The lowest BCUT2D eigenvalue weighted by molar-refractivity contribution is -0.140. The molecule has 2 aromatic carbocycles. The van der Waals surface area contributed by atoms with E-state index in [9.17, 15) is 30.0 Å². The van der Waals surface area contributed by atoms with E-state index in [1.165, 1.54) is 36.1 Å². The number of nitrogens with one attached hydrogen (secondary N) is 2. The van der Waals surface area contributed by atoms with Crippen LogP contribution >= 0.6 is 0 Å². The lowest BCUT2D eigenvalue weighted by Gasteiger charge is -2.40. The van der Waals surface area contributed by atoms with Gasteiger partial charge in [-0.25, -0.2) is 22.0 Å². The Kier molecular flexibility index (Phi) is 10.4. The van der Waals surface area contributed by atoms with Gasteiger partial charge in [-0.15, -0.1) is 0 Å². The van der Waals surface area contributed by atoms with Gasteiger partial charge in [-0.1, -0.05) is 12.0 Å². The molecule has 1 aliphatic carbocycles. The van der Waals surface area contributed by atoms with Crippen LogP contribution in [-0.4, -0.2) is 82.8 Å². The molecule has 0 spiro atoms. The number of anilines is 2. The van der Waals surface area contributed by atoms with Gasteiger partial charge in [0.05, 0.1) is 40.7 Å². The monoisotopic (exact) mass is 695 g/mol. The molecule has 5 rings (SSSR count). The predicted octanol–water partition coefficient (Wildman–Crippen LogP) is 4.56. The van der Waals surface area contributed by atoms with E-state index < -0.39 is 32.6 Å². The van der Waals surface area contributed by atoms with Crippen molar-refractivity contribution in [1.29, 1.82) is 0 Å². The fourth-order valence-corrected chi connectivity index (χ4v) is 8.20. The third-order valence-corrected chi connectivity index (χ3v) is 11.6. The Hall–Kier alpha value is -3.45. The fraction of sp³-hybridized carbons (Fsp3) is 0.500. The number of piperidine rings is 1. The molecule has 1 saturated heterocycles. The van der Waals surface area contributed by atoms with Gasteiger partial charge in [-0.3, -0.25) is 0 Å². The van der Waals surface area contributed by atoms with Crippen LogP contribution in [0.25, 0.3) is 10.9 Å². The van der Waals surface area contributed by atoms with Crippen molar-refractivity contribution < 1.29 is 34.7 Å². The maximum absolute atomic E-state index is 13.7. The second kappa shape index (κ2) is 14.0. The molecule has 1 aliphatic heterocycles. The molecule has 15 heteroatoms. The smallest absolute Gasteiger partial charge is 0.406 e. The van der Waals surface area contributed by atoms with Crippen molar-refractivity contribution in [2.45, 2.75) is 73.5 Å². The summed E-state index contributed by atoms with van der Waals surface area (Å²) in [5.74, 6) is 5.98. The number of benzene rings is 2. The molecule has 2 heterocycles. The van der Waals surface area contributed by atoms with E-state index in [1.807, 2.05) is 6.07 Å². The largest absolute Gasteiger partial charge is 0.495 e. The summed E-state index contributed by atoms with van der Waals surface area (Å²) in [6.45, 7) is 0.425. The first kappa shape index (κ1) is 34.9. The lowest BCUT2D eigenvalue weighted by atomic mass is 9.89. The summed E-state index contributed by atoms with van der Waals surface area (Å²) in [6, 6.07) is 11.6. The van der Waals surface area contributed by atoms with Gasteiger partial charge in [0.2, 0.25) is 10.0 Å². The number of hydrogen-bond acceptors (Lipinski definition) is 8. The van der Waals surface area contributed by atoms with Crippen LogP contribution in [0.2, 0.25) is 0 Å². The third kappa shape index (κ3) is 8.72. The Morgan fingerprint density at radius 1 is 0.979 bits per heavy atom. The van der Waals surface area contributed by atoms with E-state index >= 15 is 0 Å². The number of sulfonamides is 1. The first-order chi connectivity index (χ1) is 22.1. The van der Waals surface area contributed by atoms with Gasteiger partial charge >= 0.3 is 6.18 Å². The summed E-state index contributed by atoms with van der Waals surface area (Å²) in [4.78, 5) is 2.29. The number of nitrogens with zero attached hydrogens (tertiary/aromatic N) is 2. The number of rotatable bonds is 9. The molecule has 0 amide bonds. The van der Waals surface area contributed by atoms with Crippen molar-refractivity contribution in [3.8, 4) is 17.6 Å². The summed E-state index contributed by atoms with van der Waals surface area (Å²) >= 11 is 0. The van der Waals surface area contributed by atoms with Crippen molar-refractivity contribution in [1.82, 2.24) is 9.47 Å². The van der Waals surface area contributed by atoms with E-state index in [4.69, 9.17) is 9.88 Å². The van der Waals surface area contributed by atoms with Crippen LogP contribution in [0.4, 0.5) is 24.5 Å². The first-order valence-corrected chi connectivity index (χ1v) is 18.9. The van der Waals surface area contributed by atoms with Crippen molar-refractivity contribution in [3.63, 3.8) is 0 Å². The van der Waals surface area contributed by atoms with Crippen LogP contribution in [-0.2, 0) is 26.4 Å². The van der Waals surface area contributed by atoms with E-state index in [0.29, 0.717) is 35.5 Å². The lowest BCUT2D eigenvalue weighted by Crippen LogP contribution is -2.46. The Morgan fingerprint density at radius 2 is 1.68 bits per heavy atom. The van der Waals surface area contributed by atoms with Crippen LogP contribution in [0, 0.1) is 11.8 Å². The molecule has 1 saturated carbocycles. The number of fused-ring (bicyclic) bond motifs is 1. The number of sulfone groups is 1. The molecule has 0 radical (unpaired) electrons. The predicted molar refractivity (Wildman–Crippen MR) is 177 cm³/mol. The van der Waals surface area contributed by atoms with Crippen LogP contribution in [0.1, 0.15) is 44.2 Å². The fourth-order valence-electron chi connectivity index (χ4n) is 6.61. The molecule has 4 N–H and O–H groups in total. The Labute approximate surface area is 273 Å². The first-order valence-electron chi connectivity index (χ1n) is 15.4. The van der Waals surface area contributed by atoms with Crippen molar-refractivity contribution in [2.24, 2.45) is 5.14 Å². The van der Waals surface area contributed by atoms with Crippen molar-refractivity contribution in [2.75, 3.05) is 43.6 Å². The number of nitrogens with two attached hydrogens (primary N) is 1. The summed E-state index contributed by atoms with van der Waals surface area (Å²) in [5.41, 5.74) is 1.84. The average Bonchev–Trinajstić information content (AvgIpc) is 3.35. The second-order valence-electron chi connectivity index (χ2n) is 12.2. The Morgan fingerprint density at radius 3 is 2.30 bits per heavy atom. The molecule has 2 fully saturated rings. The zero-order chi connectivity index (χ0) is 34.0. The molecule has 0 unspecified atom stereocenters. The van der Waals surface area contributed by atoms with E-state index in [2.05, 4.69) is 27.4 Å². The molecule has 1 aromatic heterocycles. The SMILES string of the molecule is COc1cc(S(N)(=O)=O)ccc1NCC#Cc1cc2c(N[C@H]3CC[C@@H](N4CCC(S(C)(=O)=O)CC4)CC3)cccc2n1CC(F)(F)F. The van der Waals surface area contributed by atoms with Gasteiger partial charge in [-0.05, 0) is 87.9 Å². The highest BCUT2D eigenvalue weighted by Gasteiger charge is 2.33. The number of aromatic nitrogens is 1. The van der Waals surface area contributed by atoms with Crippen LogP contribution in [0.15, 0.2) is 47.4 Å². The van der Waals surface area contributed by atoms with E-state index in [1.54, 1.807) is 18.2 Å². The minimum Gasteiger partial charge on any atom is -0.495 e. The van der Waals surface area contributed by atoms with Crippen molar-refractivity contribution >= 4 is 42.1 Å². The Balaban J connectivity index is 1.28. The van der Waals surface area contributed by atoms with Gasteiger partial charge < -0.3 is 24.8 Å². The number of alkyl halides is 3. The maximum Gasteiger partial charge on any atom is 0.406 e. The summed E-state index contributed by atoms with van der Waals surface area (Å²) in [5, 5.41) is 12.2. The Bertz CT molecular complexity index is 1870. The quantitative estimate of drug-likeness (QED) is 0.278. The molecule has 0 bridgehead atoms. The maximum atomic E-state index is 13.7. The molecular formula is C32H40F3N5O5S2. The standard InChI is InChI=1S/C32H40F3N5O5S2/c1-45-31-20-26(47(36,43)44)12-13-29(31)37-16-4-5-24-19-27-28(6-3-7-30(27)40(24)21-32(33,34)35)38-22-8-10-23(11-9-22)39-17-14-25(15-18-39)46(2,41)42/h3,6-7,12-13,19-20,22-23,25,37-38H,8-11,14-18,21H2,1-2H3,(H2,36,43,44)/t22-,23+. The highest BCUT2D eigenvalue weighted by atomic mass is 32.2. The number of hydrogen-bond donors (Lipinski definition) is 3. The summed E-state index contributed by atoms with van der Waals surface area (Å²) in [6.07, 6.45) is 1.91. The van der Waals surface area contributed by atoms with Gasteiger partial charge in [0, 0.05) is 35.5 Å². The molecule has 2 aliphatic rings. The zero-order valence-corrected chi connectivity index (χ0v) is 27.9. The molecule has 10 nitrogen and oxygen atoms in total. The molecule has 0 atom stereocenters. The van der Waals surface area contributed by atoms with Crippen molar-refractivity contribution in [3.05, 3.63) is 48.2 Å². The van der Waals surface area contributed by atoms with Gasteiger partial charge in [0.15, 0.2) is 0 Å². The van der Waals surface area contributed by atoms with Crippen LogP contribution in [0.5, 0.6) is 5.75 Å². The highest BCUT2D eigenvalue weighted by Crippen LogP contribution is 2.34. The molecule has 256 valence electrons. The van der Waals surface area contributed by atoms with Gasteiger partial charge in [0.1, 0.15) is 22.1 Å². The molecule has 3 aromatic rings. The zero-order valence-electron chi connectivity index (χ0n) is 26.3. The molecule has 47 heavy (non-hydrogen) atoms. The van der Waals surface area contributed by atoms with Crippen LogP contribution in [0.3, 0.4) is 0 Å². The van der Waals surface area contributed by atoms with Gasteiger partial charge in [-0.2, -0.15) is 13.2 Å². The number of primary sulfonamides is 1. The third-order valence-electron chi connectivity index (χ3n) is 9.02. The number of ether oxygens (including phenoxy) is 1. The molecular weight excluding hydrogens is 656 g/mol. The van der Waals surface area contributed by atoms with Gasteiger partial charge in [0.25, 0.3) is 0 Å².